The molecule has 344 valence electrons. The number of aliphatic hydroxyl groups excluding tert-OH is 1. The van der Waals surface area contributed by atoms with Gasteiger partial charge in [0, 0.05) is 12.8 Å². The van der Waals surface area contributed by atoms with Crippen LogP contribution in [0.4, 0.5) is 0 Å². The minimum atomic E-state index is -4.73. The van der Waals surface area contributed by atoms with E-state index < -0.39 is 57.2 Å². The lowest BCUT2D eigenvalue weighted by atomic mass is 10.0. The summed E-state index contributed by atoms with van der Waals surface area (Å²) in [5.41, 5.74) is 5.33. The Kier molecular flexibility index (Phi) is 39.4. The lowest BCUT2D eigenvalue weighted by molar-refractivity contribution is -0.161. The summed E-state index contributed by atoms with van der Waals surface area (Å²) in [6.07, 6.45) is 41.1. The van der Waals surface area contributed by atoms with Crippen molar-refractivity contribution in [3.63, 3.8) is 0 Å². The Labute approximate surface area is 357 Å². The van der Waals surface area contributed by atoms with E-state index in [9.17, 15) is 28.9 Å². The molecule has 0 rings (SSSR count). The van der Waals surface area contributed by atoms with Gasteiger partial charge in [0.1, 0.15) is 12.6 Å². The monoisotopic (exact) mass is 858 g/mol. The smallest absolute Gasteiger partial charge is 0.472 e. The highest BCUT2D eigenvalue weighted by Crippen LogP contribution is 2.43. The molecule has 0 amide bonds. The number of carbonyl (C=O) groups is 3. The number of carboxylic acids is 1. The Bertz CT molecular complexity index is 1160. The second-order valence-corrected chi connectivity index (χ2v) is 17.2. The lowest BCUT2D eigenvalue weighted by Gasteiger charge is -2.20. The maximum atomic E-state index is 12.6. The topological polar surface area (TPSA) is 192 Å². The number of ether oxygens (including phenoxy) is 2. The summed E-state index contributed by atoms with van der Waals surface area (Å²) in [7, 11) is -4.73. The first kappa shape index (κ1) is 56.7. The van der Waals surface area contributed by atoms with Crippen molar-refractivity contribution in [2.45, 2.75) is 218 Å². The summed E-state index contributed by atoms with van der Waals surface area (Å²) in [5, 5.41) is 18.8. The van der Waals surface area contributed by atoms with Crippen LogP contribution in [0.15, 0.2) is 36.5 Å². The van der Waals surface area contributed by atoms with Crippen LogP contribution in [-0.2, 0) is 37.5 Å². The van der Waals surface area contributed by atoms with Crippen LogP contribution in [-0.4, -0.2) is 71.1 Å². The van der Waals surface area contributed by atoms with E-state index in [2.05, 4.69) is 24.4 Å². The number of carbonyl (C=O) groups excluding carboxylic acids is 2. The number of nitrogens with two attached hydrogens (primary N) is 1. The van der Waals surface area contributed by atoms with Crippen molar-refractivity contribution in [1.82, 2.24) is 0 Å². The Morgan fingerprint density at radius 2 is 1.08 bits per heavy atom. The van der Waals surface area contributed by atoms with Gasteiger partial charge in [0.2, 0.25) is 0 Å². The summed E-state index contributed by atoms with van der Waals surface area (Å²) in [6, 6.07) is -1.53. The fraction of sp³-hybridized carbons (Fsp3) is 0.804. The van der Waals surface area contributed by atoms with E-state index in [0.717, 1.165) is 57.8 Å². The van der Waals surface area contributed by atoms with Crippen molar-refractivity contribution in [2.24, 2.45) is 5.73 Å². The number of hydrogen-bond donors (Lipinski definition) is 4. The zero-order chi connectivity index (χ0) is 43.7. The van der Waals surface area contributed by atoms with E-state index in [1.807, 2.05) is 24.3 Å². The summed E-state index contributed by atoms with van der Waals surface area (Å²) in [6.45, 7) is 2.58. The molecule has 0 spiro atoms. The summed E-state index contributed by atoms with van der Waals surface area (Å²) < 4.78 is 32.7. The fourth-order valence-electron chi connectivity index (χ4n) is 6.34. The van der Waals surface area contributed by atoms with E-state index in [0.29, 0.717) is 19.3 Å². The number of carboxylic acid groups (broad SMARTS) is 1. The van der Waals surface area contributed by atoms with Crippen molar-refractivity contribution < 1.29 is 52.6 Å². The maximum absolute atomic E-state index is 12.6. The molecule has 2 unspecified atom stereocenters. The molecule has 0 aromatic heterocycles. The van der Waals surface area contributed by atoms with Crippen LogP contribution in [0.1, 0.15) is 200 Å². The molecule has 0 aromatic carbocycles. The lowest BCUT2D eigenvalue weighted by Crippen LogP contribution is -2.34. The van der Waals surface area contributed by atoms with Crippen LogP contribution in [0.5, 0.6) is 0 Å². The van der Waals surface area contributed by atoms with E-state index in [1.165, 1.54) is 96.3 Å². The molecule has 0 aromatic rings. The largest absolute Gasteiger partial charge is 0.480 e. The molecule has 0 aliphatic heterocycles. The molecule has 4 atom stereocenters. The van der Waals surface area contributed by atoms with Crippen molar-refractivity contribution in [2.75, 3.05) is 19.8 Å². The molecule has 5 N–H and O–H groups in total. The number of phosphoric acid groups is 1. The Hall–Kier alpha value is -2.34. The Morgan fingerprint density at radius 1 is 0.610 bits per heavy atom. The van der Waals surface area contributed by atoms with E-state index in [-0.39, 0.29) is 19.4 Å². The Balaban J connectivity index is 4.34. The number of unbranched alkanes of at least 4 members (excludes halogenated alkanes) is 23. The van der Waals surface area contributed by atoms with Crippen molar-refractivity contribution >= 4 is 25.7 Å². The summed E-state index contributed by atoms with van der Waals surface area (Å²) in [4.78, 5) is 46.0. The fourth-order valence-corrected chi connectivity index (χ4v) is 7.12. The average molecular weight is 858 g/mol. The zero-order valence-electron chi connectivity index (χ0n) is 37.0. The number of phosphoric ester groups is 1. The molecule has 0 saturated heterocycles. The Morgan fingerprint density at radius 3 is 1.59 bits per heavy atom. The second kappa shape index (κ2) is 41.0. The molecule has 0 radical (unpaired) electrons. The van der Waals surface area contributed by atoms with Gasteiger partial charge in [-0.1, -0.05) is 185 Å². The van der Waals surface area contributed by atoms with Crippen LogP contribution in [0, 0.1) is 0 Å². The number of aliphatic hydroxyl groups is 1. The van der Waals surface area contributed by atoms with E-state index >= 15 is 0 Å². The van der Waals surface area contributed by atoms with Gasteiger partial charge in [0.05, 0.1) is 19.3 Å². The third kappa shape index (κ3) is 40.8. The summed E-state index contributed by atoms with van der Waals surface area (Å²) in [5.74, 6) is -2.43. The maximum Gasteiger partial charge on any atom is 0.472 e. The standard InChI is InChI=1S/C46H84NO11P/c1-3-5-7-8-9-10-11-12-13-14-15-16-17-18-19-22-25-28-32-36-44(49)55-38-42(39-56-59(53,54)57-40-43(47)46(51)52)58-45(50)37-33-29-26-23-20-21-24-27-31-35-41(48)34-30-6-4-2/h6,24,27,30-31,35,41-43,48H,3-5,7-23,25-26,28-29,32-34,36-40,47H2,1-2H3,(H,51,52)(H,53,54)/b27-24+,30-6+,35-31+/t41?,42-,43+/m1/s1. The zero-order valence-corrected chi connectivity index (χ0v) is 37.9. The minimum Gasteiger partial charge on any atom is -0.480 e. The third-order valence-electron chi connectivity index (χ3n) is 9.98. The highest BCUT2D eigenvalue weighted by Gasteiger charge is 2.28. The highest BCUT2D eigenvalue weighted by molar-refractivity contribution is 7.47. The quantitative estimate of drug-likeness (QED) is 0.0149. The van der Waals surface area contributed by atoms with Crippen molar-refractivity contribution in [1.29, 1.82) is 0 Å². The van der Waals surface area contributed by atoms with Gasteiger partial charge < -0.3 is 30.3 Å². The molecule has 0 bridgehead atoms. The van der Waals surface area contributed by atoms with E-state index in [1.54, 1.807) is 6.08 Å². The molecular formula is C46H84NO11P. The first-order chi connectivity index (χ1) is 28.5. The van der Waals surface area contributed by atoms with Crippen LogP contribution in [0.3, 0.4) is 0 Å². The second-order valence-electron chi connectivity index (χ2n) is 15.7. The normalized spacial score (nSPS) is 14.5. The minimum absolute atomic E-state index is 0.116. The summed E-state index contributed by atoms with van der Waals surface area (Å²) >= 11 is 0. The van der Waals surface area contributed by atoms with Gasteiger partial charge in [-0.15, -0.1) is 0 Å². The molecule has 0 heterocycles. The van der Waals surface area contributed by atoms with Gasteiger partial charge in [0.25, 0.3) is 0 Å². The van der Waals surface area contributed by atoms with Gasteiger partial charge in [-0.25, -0.2) is 4.57 Å². The predicted molar refractivity (Wildman–Crippen MR) is 237 cm³/mol. The predicted octanol–water partition coefficient (Wildman–Crippen LogP) is 11.4. The van der Waals surface area contributed by atoms with Gasteiger partial charge in [0.15, 0.2) is 6.10 Å². The molecule has 0 saturated carbocycles. The van der Waals surface area contributed by atoms with Crippen molar-refractivity contribution in [3.8, 4) is 0 Å². The number of esters is 2. The van der Waals surface area contributed by atoms with Crippen LogP contribution in [0.2, 0.25) is 0 Å². The van der Waals surface area contributed by atoms with Crippen LogP contribution < -0.4 is 5.73 Å². The number of aliphatic carboxylic acids is 1. The number of allylic oxidation sites excluding steroid dienone is 4. The molecule has 0 fully saturated rings. The van der Waals surface area contributed by atoms with Gasteiger partial charge in [-0.2, -0.15) is 0 Å². The van der Waals surface area contributed by atoms with Gasteiger partial charge in [-0.05, 0) is 38.5 Å². The SMILES string of the molecule is CC/C=C/CC(O)/C=C/C=C/CCCCCCCC(=O)O[C@H](COC(=O)CCCCCCCCCCCCCCCCCCCCC)COP(=O)(O)OC[C@H](N)C(=O)O. The third-order valence-corrected chi connectivity index (χ3v) is 10.9. The van der Waals surface area contributed by atoms with Crippen molar-refractivity contribution in [3.05, 3.63) is 36.5 Å². The number of rotatable bonds is 43. The van der Waals surface area contributed by atoms with E-state index in [4.69, 9.17) is 24.8 Å². The van der Waals surface area contributed by atoms with Crippen LogP contribution >= 0.6 is 7.82 Å². The molecule has 0 aliphatic carbocycles. The molecule has 59 heavy (non-hydrogen) atoms. The number of hydrogen-bond acceptors (Lipinski definition) is 10. The molecule has 13 heteroatoms. The van der Waals surface area contributed by atoms with Gasteiger partial charge >= 0.3 is 25.7 Å². The molecular weight excluding hydrogens is 773 g/mol. The first-order valence-corrected chi connectivity index (χ1v) is 24.6. The van der Waals surface area contributed by atoms with Crippen LogP contribution in [0.25, 0.3) is 0 Å². The first-order valence-electron chi connectivity index (χ1n) is 23.1. The average Bonchev–Trinajstić information content (AvgIpc) is 3.20. The molecule has 12 nitrogen and oxygen atoms in total. The molecule has 0 aliphatic rings. The highest BCUT2D eigenvalue weighted by atomic mass is 31.2. The van der Waals surface area contributed by atoms with Gasteiger partial charge in [-0.3, -0.25) is 23.4 Å².